The number of carbonyl (C=O) groups is 1. The maximum Gasteiger partial charge on any atom is 0.254 e. The van der Waals surface area contributed by atoms with Crippen molar-refractivity contribution in [1.29, 1.82) is 0 Å². The zero-order valence-corrected chi connectivity index (χ0v) is 14.5. The van der Waals surface area contributed by atoms with Gasteiger partial charge in [0.1, 0.15) is 0 Å². The molecule has 5 heteroatoms. The van der Waals surface area contributed by atoms with Gasteiger partial charge in [0.25, 0.3) is 5.91 Å². The molecule has 0 bridgehead atoms. The molecule has 0 radical (unpaired) electrons. The normalized spacial score (nSPS) is 11.3. The van der Waals surface area contributed by atoms with Gasteiger partial charge in [-0.1, -0.05) is 37.6 Å². The van der Waals surface area contributed by atoms with Crippen molar-refractivity contribution in [2.75, 3.05) is 6.54 Å². The van der Waals surface area contributed by atoms with Crippen LogP contribution in [0, 0.1) is 0 Å². The van der Waals surface area contributed by atoms with E-state index in [-0.39, 0.29) is 11.8 Å². The van der Waals surface area contributed by atoms with E-state index in [4.69, 9.17) is 11.6 Å². The van der Waals surface area contributed by atoms with Crippen LogP contribution in [0.4, 0.5) is 0 Å². The molecule has 0 aliphatic heterocycles. The highest BCUT2D eigenvalue weighted by Gasteiger charge is 2.20. The first-order chi connectivity index (χ1) is 11.0. The predicted molar refractivity (Wildman–Crippen MR) is 94.4 cm³/mol. The molecule has 0 fully saturated rings. The van der Waals surface area contributed by atoms with Gasteiger partial charge in [-0.05, 0) is 43.5 Å². The Kier molecular flexibility index (Phi) is 5.99. The first-order valence-corrected chi connectivity index (χ1v) is 8.15. The Bertz CT molecular complexity index is 687. The zero-order chi connectivity index (χ0) is 16.8. The Balaban J connectivity index is 2.27. The molecule has 0 saturated carbocycles. The second kappa shape index (κ2) is 7.97. The van der Waals surface area contributed by atoms with Crippen LogP contribution in [0.2, 0.25) is 5.02 Å². The summed E-state index contributed by atoms with van der Waals surface area (Å²) < 4.78 is 1.81. The van der Waals surface area contributed by atoms with Crippen LogP contribution in [0.3, 0.4) is 0 Å². The predicted octanol–water partition coefficient (Wildman–Crippen LogP) is 4.35. The zero-order valence-electron chi connectivity index (χ0n) is 13.7. The molecule has 0 aliphatic carbocycles. The van der Waals surface area contributed by atoms with Crippen LogP contribution in [0.25, 0.3) is 5.69 Å². The summed E-state index contributed by atoms with van der Waals surface area (Å²) in [6.07, 6.45) is 6.46. The lowest BCUT2D eigenvalue weighted by atomic mass is 10.0. The fourth-order valence-corrected chi connectivity index (χ4v) is 2.53. The van der Waals surface area contributed by atoms with Gasteiger partial charge in [-0.2, -0.15) is 5.10 Å². The van der Waals surface area contributed by atoms with Crippen molar-refractivity contribution in [3.8, 4) is 5.69 Å². The van der Waals surface area contributed by atoms with Gasteiger partial charge in [-0.15, -0.1) is 0 Å². The number of halogens is 1. The van der Waals surface area contributed by atoms with Crippen LogP contribution in [0.1, 0.15) is 49.2 Å². The molecule has 0 spiro atoms. The van der Waals surface area contributed by atoms with Crippen LogP contribution in [-0.4, -0.2) is 22.2 Å². The second-order valence-corrected chi connectivity index (χ2v) is 6.04. The Hall–Kier alpha value is -2.07. The van der Waals surface area contributed by atoms with Crippen molar-refractivity contribution in [3.63, 3.8) is 0 Å². The number of aromatic nitrogens is 2. The topological polar surface area (TPSA) is 46.9 Å². The average molecular weight is 332 g/mol. The van der Waals surface area contributed by atoms with E-state index in [1.807, 2.05) is 48.0 Å². The van der Waals surface area contributed by atoms with Crippen LogP contribution < -0.4 is 5.32 Å². The lowest BCUT2D eigenvalue weighted by Crippen LogP contribution is -2.25. The summed E-state index contributed by atoms with van der Waals surface area (Å²) in [7, 11) is 0. The molecule has 1 heterocycles. The summed E-state index contributed by atoms with van der Waals surface area (Å²) >= 11 is 5.94. The van der Waals surface area contributed by atoms with Crippen molar-refractivity contribution in [2.45, 2.75) is 33.1 Å². The molecular weight excluding hydrogens is 310 g/mol. The molecule has 0 unspecified atom stereocenters. The van der Waals surface area contributed by atoms with Crippen molar-refractivity contribution in [2.24, 2.45) is 0 Å². The number of hydrogen-bond acceptors (Lipinski definition) is 2. The maximum absolute atomic E-state index is 12.4. The molecule has 1 aromatic carbocycles. The lowest BCUT2D eigenvalue weighted by molar-refractivity contribution is 0.0953. The standard InChI is InChI=1S/C18H22ClN3O/c1-4-5-6-11-20-18(23)16-12-21-22(17(16)13(2)3)15-9-7-14(19)8-10-15/h4-5,7-10,12-13H,6,11H2,1-3H3,(H,20,23)/b5-4+. The summed E-state index contributed by atoms with van der Waals surface area (Å²) in [5.74, 6) is 0.0860. The largest absolute Gasteiger partial charge is 0.352 e. The summed E-state index contributed by atoms with van der Waals surface area (Å²) in [5, 5.41) is 8.01. The number of allylic oxidation sites excluding steroid dienone is 1. The van der Waals surface area contributed by atoms with E-state index in [0.717, 1.165) is 17.8 Å². The molecule has 1 aromatic heterocycles. The third-order valence-electron chi connectivity index (χ3n) is 3.50. The van der Waals surface area contributed by atoms with E-state index in [1.54, 1.807) is 6.20 Å². The number of nitrogens with zero attached hydrogens (tertiary/aromatic N) is 2. The number of amides is 1. The average Bonchev–Trinajstić information content (AvgIpc) is 2.97. The highest BCUT2D eigenvalue weighted by Crippen LogP contribution is 2.23. The van der Waals surface area contributed by atoms with Gasteiger partial charge >= 0.3 is 0 Å². The molecule has 2 rings (SSSR count). The van der Waals surface area contributed by atoms with Gasteiger partial charge in [0.2, 0.25) is 0 Å². The first kappa shape index (κ1) is 17.3. The summed E-state index contributed by atoms with van der Waals surface area (Å²) in [4.78, 5) is 12.4. The number of nitrogens with one attached hydrogen (secondary N) is 1. The van der Waals surface area contributed by atoms with E-state index < -0.39 is 0 Å². The van der Waals surface area contributed by atoms with Gasteiger partial charge < -0.3 is 5.32 Å². The molecule has 0 atom stereocenters. The van der Waals surface area contributed by atoms with Gasteiger partial charge in [0.05, 0.1) is 23.1 Å². The Labute approximate surface area is 142 Å². The summed E-state index contributed by atoms with van der Waals surface area (Å²) in [6, 6.07) is 7.43. The van der Waals surface area contributed by atoms with Crippen LogP contribution in [-0.2, 0) is 0 Å². The van der Waals surface area contributed by atoms with E-state index >= 15 is 0 Å². The number of rotatable bonds is 6. The van der Waals surface area contributed by atoms with Gasteiger partial charge in [-0.3, -0.25) is 4.79 Å². The quantitative estimate of drug-likeness (QED) is 0.632. The molecule has 2 aromatic rings. The highest BCUT2D eigenvalue weighted by atomic mass is 35.5. The highest BCUT2D eigenvalue weighted by molar-refractivity contribution is 6.30. The number of carbonyl (C=O) groups excluding carboxylic acids is 1. The Morgan fingerprint density at radius 2 is 2.04 bits per heavy atom. The van der Waals surface area contributed by atoms with Crippen molar-refractivity contribution < 1.29 is 4.79 Å². The van der Waals surface area contributed by atoms with Crippen LogP contribution in [0.5, 0.6) is 0 Å². The minimum Gasteiger partial charge on any atom is -0.352 e. The first-order valence-electron chi connectivity index (χ1n) is 7.77. The minimum atomic E-state index is -0.0848. The van der Waals surface area contributed by atoms with Crippen LogP contribution in [0.15, 0.2) is 42.6 Å². The van der Waals surface area contributed by atoms with E-state index in [9.17, 15) is 4.79 Å². The van der Waals surface area contributed by atoms with Crippen LogP contribution >= 0.6 is 11.6 Å². The third kappa shape index (κ3) is 4.23. The van der Waals surface area contributed by atoms with Gasteiger partial charge in [0.15, 0.2) is 0 Å². The molecule has 4 nitrogen and oxygen atoms in total. The minimum absolute atomic E-state index is 0.0848. The van der Waals surface area contributed by atoms with E-state index in [0.29, 0.717) is 17.1 Å². The fraction of sp³-hybridized carbons (Fsp3) is 0.333. The maximum atomic E-state index is 12.4. The van der Waals surface area contributed by atoms with E-state index in [1.165, 1.54) is 0 Å². The molecule has 1 amide bonds. The Morgan fingerprint density at radius 3 is 2.65 bits per heavy atom. The van der Waals surface area contributed by atoms with Gasteiger partial charge in [-0.25, -0.2) is 4.68 Å². The molecule has 23 heavy (non-hydrogen) atoms. The second-order valence-electron chi connectivity index (χ2n) is 5.60. The lowest BCUT2D eigenvalue weighted by Gasteiger charge is -2.13. The molecule has 1 N–H and O–H groups in total. The SMILES string of the molecule is C/C=C/CCNC(=O)c1cnn(-c2ccc(Cl)cc2)c1C(C)C. The van der Waals surface area contributed by atoms with Gasteiger partial charge in [0, 0.05) is 11.6 Å². The summed E-state index contributed by atoms with van der Waals surface area (Å²) in [6.45, 7) is 6.70. The third-order valence-corrected chi connectivity index (χ3v) is 3.75. The van der Waals surface area contributed by atoms with Crippen molar-refractivity contribution in [1.82, 2.24) is 15.1 Å². The smallest absolute Gasteiger partial charge is 0.254 e. The Morgan fingerprint density at radius 1 is 1.35 bits per heavy atom. The number of benzene rings is 1. The molecular formula is C18H22ClN3O. The van der Waals surface area contributed by atoms with E-state index in [2.05, 4.69) is 24.3 Å². The van der Waals surface area contributed by atoms with Crippen molar-refractivity contribution in [3.05, 3.63) is 58.9 Å². The monoisotopic (exact) mass is 331 g/mol. The summed E-state index contributed by atoms with van der Waals surface area (Å²) in [5.41, 5.74) is 2.41. The van der Waals surface area contributed by atoms with Crippen molar-refractivity contribution >= 4 is 17.5 Å². The molecule has 122 valence electrons. The fourth-order valence-electron chi connectivity index (χ4n) is 2.41. The molecule has 0 aliphatic rings. The molecule has 0 saturated heterocycles. The number of hydrogen-bond donors (Lipinski definition) is 1.